The topological polar surface area (TPSA) is 64.3 Å². The SMILES string of the molecule is Fc1cccc2c1OCCCC2Nc1cc(-c2ccccc2)nc2ncnn12. The molecule has 0 bridgehead atoms. The van der Waals surface area contributed by atoms with Crippen LogP contribution in [0.2, 0.25) is 0 Å². The van der Waals surface area contributed by atoms with Crippen LogP contribution in [-0.4, -0.2) is 26.2 Å². The van der Waals surface area contributed by atoms with Gasteiger partial charge >= 0.3 is 0 Å². The molecule has 0 spiro atoms. The van der Waals surface area contributed by atoms with Gasteiger partial charge in [0.05, 0.1) is 18.3 Å². The first-order valence-corrected chi connectivity index (χ1v) is 9.23. The van der Waals surface area contributed by atoms with E-state index in [4.69, 9.17) is 4.74 Å². The molecule has 1 aliphatic heterocycles. The van der Waals surface area contributed by atoms with Gasteiger partial charge in [0.2, 0.25) is 0 Å². The Bertz CT molecular complexity index is 1130. The highest BCUT2D eigenvalue weighted by Gasteiger charge is 2.23. The molecular formula is C21H18FN5O. The summed E-state index contributed by atoms with van der Waals surface area (Å²) in [4.78, 5) is 8.85. The summed E-state index contributed by atoms with van der Waals surface area (Å²) in [6.45, 7) is 0.496. The van der Waals surface area contributed by atoms with Crippen LogP contribution in [0, 0.1) is 5.82 Å². The minimum Gasteiger partial charge on any atom is -0.490 e. The van der Waals surface area contributed by atoms with E-state index in [1.54, 1.807) is 10.6 Å². The van der Waals surface area contributed by atoms with E-state index in [1.165, 1.54) is 12.4 Å². The van der Waals surface area contributed by atoms with Crippen molar-refractivity contribution >= 4 is 11.6 Å². The molecule has 7 heteroatoms. The zero-order chi connectivity index (χ0) is 18.9. The average Bonchev–Trinajstić information content (AvgIpc) is 3.11. The standard InChI is InChI=1S/C21H18FN5O/c22-16-9-4-8-15-17(10-5-11-28-20(15)16)25-19-12-18(14-6-2-1-3-7-14)26-21-23-13-24-27(19)21/h1-4,6-9,12-13,17,25H,5,10-11H2. The first-order chi connectivity index (χ1) is 13.8. The maximum absolute atomic E-state index is 14.3. The molecule has 0 radical (unpaired) electrons. The van der Waals surface area contributed by atoms with E-state index in [0.29, 0.717) is 18.1 Å². The van der Waals surface area contributed by atoms with Crippen LogP contribution in [0.3, 0.4) is 0 Å². The van der Waals surface area contributed by atoms with E-state index in [-0.39, 0.29) is 11.9 Å². The Morgan fingerprint density at radius 2 is 2.00 bits per heavy atom. The second kappa shape index (κ2) is 6.92. The maximum Gasteiger partial charge on any atom is 0.254 e. The molecule has 1 atom stereocenters. The molecule has 4 aromatic rings. The highest BCUT2D eigenvalue weighted by atomic mass is 19.1. The molecule has 1 aliphatic rings. The summed E-state index contributed by atoms with van der Waals surface area (Å²) >= 11 is 0. The average molecular weight is 375 g/mol. The van der Waals surface area contributed by atoms with Crippen LogP contribution in [0.1, 0.15) is 24.4 Å². The fraction of sp³-hybridized carbons (Fsp3) is 0.190. The zero-order valence-electron chi connectivity index (χ0n) is 15.0. The van der Waals surface area contributed by atoms with Gasteiger partial charge in [-0.05, 0) is 18.9 Å². The van der Waals surface area contributed by atoms with Crippen molar-refractivity contribution in [1.29, 1.82) is 0 Å². The van der Waals surface area contributed by atoms with Crippen molar-refractivity contribution in [3.05, 3.63) is 72.3 Å². The first-order valence-electron chi connectivity index (χ1n) is 9.23. The van der Waals surface area contributed by atoms with Crippen LogP contribution in [0.15, 0.2) is 60.9 Å². The van der Waals surface area contributed by atoms with Crippen LogP contribution in [0.5, 0.6) is 5.75 Å². The fourth-order valence-corrected chi connectivity index (χ4v) is 3.57. The van der Waals surface area contributed by atoms with Gasteiger partial charge in [0, 0.05) is 17.2 Å². The maximum atomic E-state index is 14.3. The number of hydrogen-bond donors (Lipinski definition) is 1. The third-order valence-electron chi connectivity index (χ3n) is 4.90. The van der Waals surface area contributed by atoms with Gasteiger partial charge in [0.1, 0.15) is 12.1 Å². The largest absolute Gasteiger partial charge is 0.490 e. The van der Waals surface area contributed by atoms with E-state index in [1.807, 2.05) is 42.5 Å². The molecule has 5 rings (SSSR count). The molecule has 0 amide bonds. The van der Waals surface area contributed by atoms with E-state index in [9.17, 15) is 4.39 Å². The quantitative estimate of drug-likeness (QED) is 0.580. The Kier molecular flexibility index (Phi) is 4.12. The van der Waals surface area contributed by atoms with E-state index < -0.39 is 0 Å². The number of benzene rings is 2. The number of ether oxygens (including phenoxy) is 1. The number of rotatable bonds is 3. The lowest BCUT2D eigenvalue weighted by molar-refractivity contribution is 0.301. The smallest absolute Gasteiger partial charge is 0.254 e. The number of nitrogens with one attached hydrogen (secondary N) is 1. The van der Waals surface area contributed by atoms with Gasteiger partial charge in [-0.15, -0.1) is 0 Å². The van der Waals surface area contributed by atoms with Gasteiger partial charge in [-0.25, -0.2) is 9.37 Å². The van der Waals surface area contributed by atoms with Crippen molar-refractivity contribution < 1.29 is 9.13 Å². The predicted octanol–water partition coefficient (Wildman–Crippen LogP) is 4.26. The van der Waals surface area contributed by atoms with Crippen molar-refractivity contribution in [2.24, 2.45) is 0 Å². The molecule has 6 nitrogen and oxygen atoms in total. The monoisotopic (exact) mass is 375 g/mol. The zero-order valence-corrected chi connectivity index (χ0v) is 15.0. The Morgan fingerprint density at radius 1 is 1.11 bits per heavy atom. The van der Waals surface area contributed by atoms with E-state index >= 15 is 0 Å². The minimum atomic E-state index is -0.336. The molecule has 0 saturated carbocycles. The van der Waals surface area contributed by atoms with E-state index in [2.05, 4.69) is 20.4 Å². The molecule has 1 N–H and O–H groups in total. The van der Waals surface area contributed by atoms with Gasteiger partial charge in [-0.2, -0.15) is 14.6 Å². The molecule has 0 fully saturated rings. The third-order valence-corrected chi connectivity index (χ3v) is 4.90. The Hall–Kier alpha value is -3.48. The third kappa shape index (κ3) is 2.94. The minimum absolute atomic E-state index is 0.105. The summed E-state index contributed by atoms with van der Waals surface area (Å²) in [7, 11) is 0. The summed E-state index contributed by atoms with van der Waals surface area (Å²) in [5, 5.41) is 7.81. The van der Waals surface area contributed by atoms with Gasteiger partial charge in [-0.3, -0.25) is 0 Å². The van der Waals surface area contributed by atoms with Crippen molar-refractivity contribution in [2.75, 3.05) is 11.9 Å². The van der Waals surface area contributed by atoms with Crippen molar-refractivity contribution in [3.63, 3.8) is 0 Å². The van der Waals surface area contributed by atoms with Crippen LogP contribution < -0.4 is 10.1 Å². The van der Waals surface area contributed by atoms with Gasteiger partial charge < -0.3 is 10.1 Å². The highest BCUT2D eigenvalue weighted by molar-refractivity contribution is 5.65. The Balaban J connectivity index is 1.59. The second-order valence-corrected chi connectivity index (χ2v) is 6.71. The number of para-hydroxylation sites is 1. The molecule has 0 aliphatic carbocycles. The molecule has 3 heterocycles. The molecule has 2 aromatic heterocycles. The van der Waals surface area contributed by atoms with Gasteiger partial charge in [0.15, 0.2) is 11.6 Å². The van der Waals surface area contributed by atoms with Crippen molar-refractivity contribution in [3.8, 4) is 17.0 Å². The van der Waals surface area contributed by atoms with Crippen molar-refractivity contribution in [1.82, 2.24) is 19.6 Å². The number of aromatic nitrogens is 4. The molecule has 2 aromatic carbocycles. The second-order valence-electron chi connectivity index (χ2n) is 6.71. The van der Waals surface area contributed by atoms with E-state index in [0.717, 1.165) is 35.5 Å². The number of anilines is 1. The molecule has 0 saturated heterocycles. The van der Waals surface area contributed by atoms with Gasteiger partial charge in [0.25, 0.3) is 5.78 Å². The number of fused-ring (bicyclic) bond motifs is 2. The molecule has 28 heavy (non-hydrogen) atoms. The fourth-order valence-electron chi connectivity index (χ4n) is 3.57. The molecule has 1 unspecified atom stereocenters. The lowest BCUT2D eigenvalue weighted by Gasteiger charge is -2.20. The van der Waals surface area contributed by atoms with Crippen LogP contribution in [0.4, 0.5) is 10.2 Å². The normalized spacial score (nSPS) is 16.2. The predicted molar refractivity (Wildman–Crippen MR) is 104 cm³/mol. The summed E-state index contributed by atoms with van der Waals surface area (Å²) in [6.07, 6.45) is 3.12. The van der Waals surface area contributed by atoms with Gasteiger partial charge in [-0.1, -0.05) is 42.5 Å². The first kappa shape index (κ1) is 16.7. The number of nitrogens with zero attached hydrogens (tertiary/aromatic N) is 4. The summed E-state index contributed by atoms with van der Waals surface area (Å²) in [6, 6.07) is 16.8. The summed E-state index contributed by atoms with van der Waals surface area (Å²) < 4.78 is 21.6. The summed E-state index contributed by atoms with van der Waals surface area (Å²) in [5.74, 6) is 1.25. The highest BCUT2D eigenvalue weighted by Crippen LogP contribution is 2.36. The van der Waals surface area contributed by atoms with Crippen molar-refractivity contribution in [2.45, 2.75) is 18.9 Å². The van der Waals surface area contributed by atoms with Crippen LogP contribution >= 0.6 is 0 Å². The molecular weight excluding hydrogens is 357 g/mol. The Morgan fingerprint density at radius 3 is 2.89 bits per heavy atom. The summed E-state index contributed by atoms with van der Waals surface area (Å²) in [5.41, 5.74) is 2.60. The lowest BCUT2D eigenvalue weighted by Crippen LogP contribution is -2.14. The van der Waals surface area contributed by atoms with Crippen LogP contribution in [0.25, 0.3) is 17.0 Å². The van der Waals surface area contributed by atoms with Crippen LogP contribution in [-0.2, 0) is 0 Å². The Labute approximate surface area is 161 Å². The number of halogens is 1. The molecule has 140 valence electrons. The number of hydrogen-bond acceptors (Lipinski definition) is 5. The lowest BCUT2D eigenvalue weighted by atomic mass is 10.0.